The highest BCUT2D eigenvalue weighted by Crippen LogP contribution is 2.38. The fourth-order valence-electron chi connectivity index (χ4n) is 2.86. The smallest absolute Gasteiger partial charge is 0.253 e. The molecule has 0 aromatic heterocycles. The van der Waals surface area contributed by atoms with Crippen molar-refractivity contribution in [1.82, 2.24) is 4.90 Å². The normalized spacial score (nSPS) is 11.0. The number of hydrogen-bond donors (Lipinski definition) is 0. The molecule has 8 nitrogen and oxygen atoms in total. The molecule has 10 heteroatoms. The molecular weight excluding hydrogens is 432 g/mol. The van der Waals surface area contributed by atoms with E-state index in [9.17, 15) is 13.2 Å². The van der Waals surface area contributed by atoms with Crippen LogP contribution in [0.5, 0.6) is 17.2 Å². The Morgan fingerprint density at radius 1 is 1.00 bits per heavy atom. The van der Waals surface area contributed by atoms with Gasteiger partial charge in [0, 0.05) is 26.2 Å². The maximum absolute atomic E-state index is 12.9. The Morgan fingerprint density at radius 3 is 2.03 bits per heavy atom. The van der Waals surface area contributed by atoms with Crippen molar-refractivity contribution in [2.75, 3.05) is 46.0 Å². The van der Waals surface area contributed by atoms with E-state index in [1.54, 1.807) is 25.2 Å². The number of hydrogen-bond acceptors (Lipinski definition) is 6. The van der Waals surface area contributed by atoms with Gasteiger partial charge in [-0.15, -0.1) is 0 Å². The molecule has 164 valence electrons. The third-order valence-electron chi connectivity index (χ3n) is 4.52. The van der Waals surface area contributed by atoms with Crippen LogP contribution in [0.1, 0.15) is 15.9 Å². The van der Waals surface area contributed by atoms with Crippen molar-refractivity contribution in [2.24, 2.45) is 0 Å². The van der Waals surface area contributed by atoms with Crippen molar-refractivity contribution in [1.29, 1.82) is 0 Å². The van der Waals surface area contributed by atoms with E-state index in [4.69, 9.17) is 25.8 Å². The van der Waals surface area contributed by atoms with Crippen LogP contribution in [-0.2, 0) is 16.6 Å². The van der Waals surface area contributed by atoms with E-state index >= 15 is 0 Å². The molecule has 0 aliphatic heterocycles. The first kappa shape index (κ1) is 23.6. The molecule has 0 radical (unpaired) electrons. The summed E-state index contributed by atoms with van der Waals surface area (Å²) in [6.45, 7) is 0.259. The summed E-state index contributed by atoms with van der Waals surface area (Å²) in [5.74, 6) is 1.12. The number of methoxy groups -OCH3 is 3. The number of ether oxygens (including phenoxy) is 3. The van der Waals surface area contributed by atoms with Crippen molar-refractivity contribution in [3.63, 3.8) is 0 Å². The summed E-state index contributed by atoms with van der Waals surface area (Å²) in [6, 6.07) is 8.03. The largest absolute Gasteiger partial charge is 0.493 e. The molecule has 0 aliphatic rings. The molecule has 0 saturated carbocycles. The van der Waals surface area contributed by atoms with Gasteiger partial charge in [0.15, 0.2) is 11.5 Å². The number of anilines is 1. The van der Waals surface area contributed by atoms with E-state index in [1.807, 2.05) is 0 Å². The van der Waals surface area contributed by atoms with Gasteiger partial charge in [0.2, 0.25) is 15.8 Å². The van der Waals surface area contributed by atoms with Gasteiger partial charge in [0.1, 0.15) is 0 Å². The van der Waals surface area contributed by atoms with Crippen LogP contribution in [0.2, 0.25) is 5.02 Å². The molecule has 30 heavy (non-hydrogen) atoms. The summed E-state index contributed by atoms with van der Waals surface area (Å²) in [4.78, 5) is 14.4. The van der Waals surface area contributed by atoms with Crippen LogP contribution in [0.15, 0.2) is 30.3 Å². The third-order valence-corrected chi connectivity index (χ3v) is 6.03. The van der Waals surface area contributed by atoms with Gasteiger partial charge in [-0.1, -0.05) is 11.6 Å². The topological polar surface area (TPSA) is 85.4 Å². The number of rotatable bonds is 8. The van der Waals surface area contributed by atoms with Crippen LogP contribution in [0.4, 0.5) is 5.69 Å². The van der Waals surface area contributed by atoms with Crippen LogP contribution in [0, 0.1) is 0 Å². The van der Waals surface area contributed by atoms with Gasteiger partial charge < -0.3 is 19.1 Å². The minimum absolute atomic E-state index is 0.228. The zero-order chi connectivity index (χ0) is 22.6. The van der Waals surface area contributed by atoms with Gasteiger partial charge in [0.25, 0.3) is 5.91 Å². The molecule has 0 N–H and O–H groups in total. The second-order valence-electron chi connectivity index (χ2n) is 6.59. The monoisotopic (exact) mass is 456 g/mol. The van der Waals surface area contributed by atoms with E-state index in [1.165, 1.54) is 45.4 Å². The fourth-order valence-corrected chi connectivity index (χ4v) is 3.66. The Balaban J connectivity index is 2.33. The predicted molar refractivity (Wildman–Crippen MR) is 117 cm³/mol. The van der Waals surface area contributed by atoms with E-state index in [0.717, 1.165) is 16.1 Å². The molecule has 2 aromatic rings. The zero-order valence-electron chi connectivity index (χ0n) is 17.7. The SMILES string of the molecule is COc1cc(CN(C)C(=O)c2ccc(Cl)c(N(C)S(C)(=O)=O)c2)cc(OC)c1OC. The fraction of sp³-hybridized carbons (Fsp3) is 0.350. The maximum atomic E-state index is 12.9. The molecule has 0 unspecified atom stereocenters. The van der Waals surface area contributed by atoms with Crippen LogP contribution < -0.4 is 18.5 Å². The van der Waals surface area contributed by atoms with Crippen molar-refractivity contribution >= 4 is 33.2 Å². The van der Waals surface area contributed by atoms with Gasteiger partial charge >= 0.3 is 0 Å². The molecule has 0 heterocycles. The Morgan fingerprint density at radius 2 is 1.57 bits per heavy atom. The maximum Gasteiger partial charge on any atom is 0.253 e. The van der Waals surface area contributed by atoms with Gasteiger partial charge in [0.05, 0.1) is 38.3 Å². The second kappa shape index (κ2) is 9.44. The molecule has 0 fully saturated rings. The Hall–Kier alpha value is -2.65. The molecular formula is C20H25ClN2O6S. The van der Waals surface area contributed by atoms with Crippen molar-refractivity contribution in [3.05, 3.63) is 46.5 Å². The average Bonchev–Trinajstić information content (AvgIpc) is 2.71. The highest BCUT2D eigenvalue weighted by molar-refractivity contribution is 7.92. The molecule has 2 aromatic carbocycles. The minimum atomic E-state index is -3.53. The lowest BCUT2D eigenvalue weighted by atomic mass is 10.1. The third kappa shape index (κ3) is 5.09. The molecule has 0 saturated heterocycles. The van der Waals surface area contributed by atoms with E-state index in [0.29, 0.717) is 22.8 Å². The highest BCUT2D eigenvalue weighted by atomic mass is 35.5. The number of sulfonamides is 1. The zero-order valence-corrected chi connectivity index (χ0v) is 19.3. The molecule has 0 aliphatic carbocycles. The van der Waals surface area contributed by atoms with Crippen LogP contribution in [-0.4, -0.2) is 60.9 Å². The summed E-state index contributed by atoms with van der Waals surface area (Å²) in [5, 5.41) is 0.228. The van der Waals surface area contributed by atoms with Gasteiger partial charge in [-0.2, -0.15) is 0 Å². The molecule has 2 rings (SSSR count). The van der Waals surface area contributed by atoms with Crippen LogP contribution >= 0.6 is 11.6 Å². The summed E-state index contributed by atoms with van der Waals surface area (Å²) in [6.07, 6.45) is 1.06. The standard InChI is InChI=1S/C20H25ClN2O6S/c1-22(12-13-9-17(27-3)19(29-5)18(10-13)28-4)20(24)14-7-8-15(21)16(11-14)23(2)30(6,25)26/h7-11H,12H2,1-6H3. The number of carbonyl (C=O) groups excluding carboxylic acids is 1. The number of carbonyl (C=O) groups is 1. The summed E-state index contributed by atoms with van der Waals surface area (Å²) >= 11 is 6.14. The molecule has 0 spiro atoms. The lowest BCUT2D eigenvalue weighted by Crippen LogP contribution is -2.28. The molecule has 1 amide bonds. The number of amides is 1. The molecule has 0 bridgehead atoms. The lowest BCUT2D eigenvalue weighted by Gasteiger charge is -2.22. The van der Waals surface area contributed by atoms with Crippen molar-refractivity contribution < 1.29 is 27.4 Å². The first-order valence-electron chi connectivity index (χ1n) is 8.81. The first-order chi connectivity index (χ1) is 14.0. The Labute approximate surface area is 181 Å². The molecule has 0 atom stereocenters. The number of benzene rings is 2. The predicted octanol–water partition coefficient (Wildman–Crippen LogP) is 3.03. The summed E-state index contributed by atoms with van der Waals surface area (Å²) in [7, 11) is 4.04. The van der Waals surface area contributed by atoms with Crippen LogP contribution in [0.25, 0.3) is 0 Å². The number of nitrogens with zero attached hydrogens (tertiary/aromatic N) is 2. The minimum Gasteiger partial charge on any atom is -0.493 e. The van der Waals surface area contributed by atoms with Crippen molar-refractivity contribution in [3.8, 4) is 17.2 Å². The Bertz CT molecular complexity index is 1020. The van der Waals surface area contributed by atoms with Crippen molar-refractivity contribution in [2.45, 2.75) is 6.54 Å². The van der Waals surface area contributed by atoms with Gasteiger partial charge in [-0.25, -0.2) is 8.42 Å². The second-order valence-corrected chi connectivity index (χ2v) is 9.01. The van der Waals surface area contributed by atoms with E-state index < -0.39 is 10.0 Å². The summed E-state index contributed by atoms with van der Waals surface area (Å²) in [5.41, 5.74) is 1.30. The first-order valence-corrected chi connectivity index (χ1v) is 11.0. The number of halogens is 1. The van der Waals surface area contributed by atoms with Gasteiger partial charge in [-0.05, 0) is 35.9 Å². The summed E-state index contributed by atoms with van der Waals surface area (Å²) < 4.78 is 40.7. The quantitative estimate of drug-likeness (QED) is 0.607. The lowest BCUT2D eigenvalue weighted by molar-refractivity contribution is 0.0785. The van der Waals surface area contributed by atoms with E-state index in [2.05, 4.69) is 0 Å². The van der Waals surface area contributed by atoms with Gasteiger partial charge in [-0.3, -0.25) is 9.10 Å². The highest BCUT2D eigenvalue weighted by Gasteiger charge is 2.20. The average molecular weight is 457 g/mol. The Kier molecular flexibility index (Phi) is 7.44. The van der Waals surface area contributed by atoms with E-state index in [-0.39, 0.29) is 23.2 Å². The van der Waals surface area contributed by atoms with Crippen LogP contribution in [0.3, 0.4) is 0 Å².